The molecular weight excluding hydrogens is 182 g/mol. The molecule has 0 unspecified atom stereocenters. The Balaban J connectivity index is 1.82. The van der Waals surface area contributed by atoms with Crippen LogP contribution >= 0.6 is 0 Å². The Morgan fingerprint density at radius 2 is 2.43 bits per heavy atom. The van der Waals surface area contributed by atoms with Gasteiger partial charge in [0.1, 0.15) is 0 Å². The van der Waals surface area contributed by atoms with Gasteiger partial charge in [-0.05, 0) is 19.0 Å². The number of ether oxygens (including phenoxy) is 1. The van der Waals surface area contributed by atoms with Crippen LogP contribution in [0, 0.1) is 5.92 Å². The summed E-state index contributed by atoms with van der Waals surface area (Å²) in [6.45, 7) is 2.77. The van der Waals surface area contributed by atoms with E-state index in [1.165, 1.54) is 0 Å². The summed E-state index contributed by atoms with van der Waals surface area (Å²) in [5, 5.41) is 7.09. The Kier molecular flexibility index (Phi) is 3.10. The van der Waals surface area contributed by atoms with Crippen molar-refractivity contribution in [2.45, 2.75) is 12.8 Å². The minimum Gasteiger partial charge on any atom is -0.384 e. The van der Waals surface area contributed by atoms with Crippen LogP contribution in [0.4, 0.5) is 0 Å². The number of nitrogens with one attached hydrogen (secondary N) is 1. The molecular formula is C9H15N3O2. The number of methoxy groups -OCH3 is 1. The highest BCUT2D eigenvalue weighted by Gasteiger charge is 2.20. The van der Waals surface area contributed by atoms with Crippen molar-refractivity contribution in [2.24, 2.45) is 5.92 Å². The minimum absolute atomic E-state index is 0.643. The van der Waals surface area contributed by atoms with Crippen LogP contribution in [0.1, 0.15) is 11.7 Å². The lowest BCUT2D eigenvalue weighted by molar-refractivity contribution is 0.199. The van der Waals surface area contributed by atoms with Crippen molar-refractivity contribution >= 4 is 0 Å². The first-order valence-corrected chi connectivity index (χ1v) is 4.89. The molecule has 1 aromatic rings. The van der Waals surface area contributed by atoms with E-state index in [-0.39, 0.29) is 0 Å². The van der Waals surface area contributed by atoms with Gasteiger partial charge in [-0.2, -0.15) is 4.98 Å². The van der Waals surface area contributed by atoms with Gasteiger partial charge in [0.25, 0.3) is 0 Å². The normalized spacial score (nSPS) is 16.9. The van der Waals surface area contributed by atoms with E-state index in [1.807, 2.05) is 0 Å². The Morgan fingerprint density at radius 1 is 1.57 bits per heavy atom. The van der Waals surface area contributed by atoms with E-state index in [1.54, 1.807) is 7.11 Å². The second-order valence-corrected chi connectivity index (χ2v) is 3.58. The maximum atomic E-state index is 5.12. The third kappa shape index (κ3) is 2.30. The summed E-state index contributed by atoms with van der Waals surface area (Å²) in [6.07, 6.45) is 1.62. The maximum absolute atomic E-state index is 5.12. The highest BCUT2D eigenvalue weighted by Crippen LogP contribution is 2.10. The molecule has 0 radical (unpaired) electrons. The Hall–Kier alpha value is -0.940. The summed E-state index contributed by atoms with van der Waals surface area (Å²) < 4.78 is 10.1. The van der Waals surface area contributed by atoms with Crippen LogP contribution in [-0.2, 0) is 17.6 Å². The summed E-state index contributed by atoms with van der Waals surface area (Å²) in [5.41, 5.74) is 0. The molecule has 1 aromatic heterocycles. The zero-order chi connectivity index (χ0) is 9.80. The van der Waals surface area contributed by atoms with Gasteiger partial charge in [0, 0.05) is 20.0 Å². The summed E-state index contributed by atoms with van der Waals surface area (Å²) in [4.78, 5) is 4.28. The monoisotopic (exact) mass is 197 g/mol. The van der Waals surface area contributed by atoms with E-state index >= 15 is 0 Å². The summed E-state index contributed by atoms with van der Waals surface area (Å²) in [5.74, 6) is 2.17. The van der Waals surface area contributed by atoms with Gasteiger partial charge >= 0.3 is 0 Å². The van der Waals surface area contributed by atoms with Crippen LogP contribution in [0.2, 0.25) is 0 Å². The SMILES string of the molecule is COCCc1noc(CC2CNC2)n1. The molecule has 78 valence electrons. The first-order valence-electron chi connectivity index (χ1n) is 4.89. The first-order chi connectivity index (χ1) is 6.88. The van der Waals surface area contributed by atoms with Gasteiger partial charge in [-0.25, -0.2) is 0 Å². The molecule has 0 saturated carbocycles. The third-order valence-electron chi connectivity index (χ3n) is 2.37. The molecule has 2 heterocycles. The Morgan fingerprint density at radius 3 is 3.07 bits per heavy atom. The quantitative estimate of drug-likeness (QED) is 0.721. The van der Waals surface area contributed by atoms with Crippen molar-refractivity contribution in [3.63, 3.8) is 0 Å². The molecule has 0 aliphatic carbocycles. The largest absolute Gasteiger partial charge is 0.384 e. The van der Waals surface area contributed by atoms with E-state index in [0.29, 0.717) is 12.5 Å². The number of hydrogen-bond acceptors (Lipinski definition) is 5. The lowest BCUT2D eigenvalue weighted by Gasteiger charge is -2.25. The van der Waals surface area contributed by atoms with Crippen LogP contribution in [0.3, 0.4) is 0 Å². The van der Waals surface area contributed by atoms with Crippen molar-refractivity contribution < 1.29 is 9.26 Å². The van der Waals surface area contributed by atoms with E-state index in [0.717, 1.165) is 37.6 Å². The van der Waals surface area contributed by atoms with Crippen LogP contribution < -0.4 is 5.32 Å². The highest BCUT2D eigenvalue weighted by molar-refractivity contribution is 4.91. The second kappa shape index (κ2) is 4.52. The van der Waals surface area contributed by atoms with Crippen LogP contribution in [-0.4, -0.2) is 36.9 Å². The zero-order valence-corrected chi connectivity index (χ0v) is 8.32. The molecule has 1 fully saturated rings. The van der Waals surface area contributed by atoms with Gasteiger partial charge in [-0.3, -0.25) is 0 Å². The van der Waals surface area contributed by atoms with Crippen LogP contribution in [0.5, 0.6) is 0 Å². The van der Waals surface area contributed by atoms with Gasteiger partial charge in [0.2, 0.25) is 5.89 Å². The van der Waals surface area contributed by atoms with E-state index in [4.69, 9.17) is 9.26 Å². The van der Waals surface area contributed by atoms with Crippen molar-refractivity contribution in [3.8, 4) is 0 Å². The number of aromatic nitrogens is 2. The van der Waals surface area contributed by atoms with Gasteiger partial charge in [0.15, 0.2) is 5.82 Å². The van der Waals surface area contributed by atoms with Crippen molar-refractivity contribution in [3.05, 3.63) is 11.7 Å². The third-order valence-corrected chi connectivity index (χ3v) is 2.37. The predicted molar refractivity (Wildman–Crippen MR) is 49.9 cm³/mol. The molecule has 0 amide bonds. The van der Waals surface area contributed by atoms with Gasteiger partial charge in [0.05, 0.1) is 6.61 Å². The molecule has 1 saturated heterocycles. The fourth-order valence-corrected chi connectivity index (χ4v) is 1.41. The van der Waals surface area contributed by atoms with E-state index in [2.05, 4.69) is 15.5 Å². The van der Waals surface area contributed by atoms with Crippen molar-refractivity contribution in [1.82, 2.24) is 15.5 Å². The molecule has 5 nitrogen and oxygen atoms in total. The van der Waals surface area contributed by atoms with Crippen LogP contribution in [0.15, 0.2) is 4.52 Å². The molecule has 0 aromatic carbocycles. The topological polar surface area (TPSA) is 60.2 Å². The number of rotatable bonds is 5. The fourth-order valence-electron chi connectivity index (χ4n) is 1.41. The predicted octanol–water partition coefficient (Wildman–Crippen LogP) is 0.0204. The average molecular weight is 197 g/mol. The summed E-state index contributed by atoms with van der Waals surface area (Å²) in [7, 11) is 1.67. The standard InChI is InChI=1S/C9H15N3O2/c1-13-3-2-8-11-9(14-12-8)4-7-5-10-6-7/h7,10H,2-6H2,1H3. The molecule has 1 N–H and O–H groups in total. The molecule has 0 atom stereocenters. The summed E-state index contributed by atoms with van der Waals surface area (Å²) in [6, 6.07) is 0. The molecule has 1 aliphatic rings. The number of hydrogen-bond donors (Lipinski definition) is 1. The molecule has 1 aliphatic heterocycles. The molecule has 2 rings (SSSR count). The smallest absolute Gasteiger partial charge is 0.227 e. The van der Waals surface area contributed by atoms with Gasteiger partial charge in [-0.15, -0.1) is 0 Å². The van der Waals surface area contributed by atoms with Crippen LogP contribution in [0.25, 0.3) is 0 Å². The Labute approximate surface area is 82.8 Å². The first kappa shape index (κ1) is 9.61. The van der Waals surface area contributed by atoms with Gasteiger partial charge in [-0.1, -0.05) is 5.16 Å². The highest BCUT2D eigenvalue weighted by atomic mass is 16.5. The molecule has 5 heteroatoms. The molecule has 0 spiro atoms. The summed E-state index contributed by atoms with van der Waals surface area (Å²) >= 11 is 0. The average Bonchev–Trinajstić information content (AvgIpc) is 2.56. The Bertz CT molecular complexity index is 283. The van der Waals surface area contributed by atoms with Crippen molar-refractivity contribution in [2.75, 3.05) is 26.8 Å². The lowest BCUT2D eigenvalue weighted by Crippen LogP contribution is -2.43. The minimum atomic E-state index is 0.643. The van der Waals surface area contributed by atoms with E-state index in [9.17, 15) is 0 Å². The second-order valence-electron chi connectivity index (χ2n) is 3.58. The zero-order valence-electron chi connectivity index (χ0n) is 8.32. The number of nitrogens with zero attached hydrogens (tertiary/aromatic N) is 2. The van der Waals surface area contributed by atoms with Crippen molar-refractivity contribution in [1.29, 1.82) is 0 Å². The maximum Gasteiger partial charge on any atom is 0.227 e. The lowest BCUT2D eigenvalue weighted by atomic mass is 10.00. The van der Waals surface area contributed by atoms with E-state index < -0.39 is 0 Å². The van der Waals surface area contributed by atoms with Gasteiger partial charge < -0.3 is 14.6 Å². The molecule has 0 bridgehead atoms. The molecule has 14 heavy (non-hydrogen) atoms. The fraction of sp³-hybridized carbons (Fsp3) is 0.778.